The number of nitriles is 1. The predicted molar refractivity (Wildman–Crippen MR) is 54.4 cm³/mol. The SMILES string of the molecule is CCC(N)C(O)c1cccc(C#N)c1. The predicted octanol–water partition coefficient (Wildman–Crippen LogP) is 1.33. The first-order valence-electron chi connectivity index (χ1n) is 4.62. The summed E-state index contributed by atoms with van der Waals surface area (Å²) in [6.45, 7) is 1.92. The molecule has 0 aliphatic rings. The van der Waals surface area contributed by atoms with Crippen LogP contribution in [-0.4, -0.2) is 11.1 Å². The van der Waals surface area contributed by atoms with Gasteiger partial charge in [-0.1, -0.05) is 19.1 Å². The average molecular weight is 190 g/mol. The number of aliphatic hydroxyl groups excluding tert-OH is 1. The van der Waals surface area contributed by atoms with E-state index in [2.05, 4.69) is 0 Å². The third-order valence-corrected chi connectivity index (χ3v) is 2.23. The monoisotopic (exact) mass is 190 g/mol. The van der Waals surface area contributed by atoms with Gasteiger partial charge in [0.25, 0.3) is 0 Å². The summed E-state index contributed by atoms with van der Waals surface area (Å²) in [7, 11) is 0. The number of hydrogen-bond donors (Lipinski definition) is 2. The Labute approximate surface area is 83.8 Å². The fourth-order valence-electron chi connectivity index (χ4n) is 1.26. The second kappa shape index (κ2) is 4.75. The summed E-state index contributed by atoms with van der Waals surface area (Å²) in [6, 6.07) is 8.65. The van der Waals surface area contributed by atoms with Crippen LogP contribution >= 0.6 is 0 Å². The maximum Gasteiger partial charge on any atom is 0.0991 e. The number of nitrogens with two attached hydrogens (primary N) is 1. The summed E-state index contributed by atoms with van der Waals surface area (Å²) < 4.78 is 0. The van der Waals surface area contributed by atoms with Crippen LogP contribution in [-0.2, 0) is 0 Å². The van der Waals surface area contributed by atoms with Crippen LogP contribution in [0.1, 0.15) is 30.6 Å². The van der Waals surface area contributed by atoms with E-state index in [0.717, 1.165) is 0 Å². The summed E-state index contributed by atoms with van der Waals surface area (Å²) in [5.74, 6) is 0. The second-order valence-corrected chi connectivity index (χ2v) is 3.25. The minimum absolute atomic E-state index is 0.274. The van der Waals surface area contributed by atoms with Crippen molar-refractivity contribution in [1.82, 2.24) is 0 Å². The molecule has 1 aromatic carbocycles. The van der Waals surface area contributed by atoms with E-state index in [1.807, 2.05) is 13.0 Å². The van der Waals surface area contributed by atoms with Gasteiger partial charge in [-0.2, -0.15) is 5.26 Å². The molecule has 0 amide bonds. The fourth-order valence-corrected chi connectivity index (χ4v) is 1.26. The van der Waals surface area contributed by atoms with Crippen molar-refractivity contribution in [3.8, 4) is 6.07 Å². The smallest absolute Gasteiger partial charge is 0.0991 e. The first-order valence-corrected chi connectivity index (χ1v) is 4.62. The Balaban J connectivity index is 2.91. The molecule has 1 aromatic rings. The summed E-state index contributed by atoms with van der Waals surface area (Å²) >= 11 is 0. The van der Waals surface area contributed by atoms with E-state index in [1.165, 1.54) is 0 Å². The van der Waals surface area contributed by atoms with Crippen molar-refractivity contribution in [2.75, 3.05) is 0 Å². The van der Waals surface area contributed by atoms with Crippen LogP contribution in [0.2, 0.25) is 0 Å². The van der Waals surface area contributed by atoms with Crippen molar-refractivity contribution in [1.29, 1.82) is 5.26 Å². The lowest BCUT2D eigenvalue weighted by Crippen LogP contribution is -2.27. The molecule has 0 aliphatic carbocycles. The highest BCUT2D eigenvalue weighted by molar-refractivity contribution is 5.34. The van der Waals surface area contributed by atoms with Crippen molar-refractivity contribution < 1.29 is 5.11 Å². The molecule has 0 aromatic heterocycles. The van der Waals surface area contributed by atoms with E-state index in [0.29, 0.717) is 17.5 Å². The lowest BCUT2D eigenvalue weighted by molar-refractivity contribution is 0.144. The highest BCUT2D eigenvalue weighted by Gasteiger charge is 2.14. The minimum Gasteiger partial charge on any atom is -0.387 e. The molecule has 0 radical (unpaired) electrons. The Morgan fingerprint density at radius 1 is 1.57 bits per heavy atom. The highest BCUT2D eigenvalue weighted by Crippen LogP contribution is 2.18. The molecular formula is C11H14N2O. The van der Waals surface area contributed by atoms with Crippen molar-refractivity contribution >= 4 is 0 Å². The molecule has 0 spiro atoms. The number of hydrogen-bond acceptors (Lipinski definition) is 3. The van der Waals surface area contributed by atoms with Crippen molar-refractivity contribution in [2.45, 2.75) is 25.5 Å². The molecule has 0 bridgehead atoms. The molecule has 3 nitrogen and oxygen atoms in total. The molecule has 14 heavy (non-hydrogen) atoms. The Hall–Kier alpha value is -1.37. The first-order chi connectivity index (χ1) is 6.69. The van der Waals surface area contributed by atoms with Crippen molar-refractivity contribution in [3.05, 3.63) is 35.4 Å². The Morgan fingerprint density at radius 2 is 2.29 bits per heavy atom. The first kappa shape index (κ1) is 10.7. The number of rotatable bonds is 3. The van der Waals surface area contributed by atoms with E-state index in [4.69, 9.17) is 11.0 Å². The molecule has 0 saturated carbocycles. The van der Waals surface area contributed by atoms with Gasteiger partial charge >= 0.3 is 0 Å². The largest absolute Gasteiger partial charge is 0.387 e. The minimum atomic E-state index is -0.687. The summed E-state index contributed by atoms with van der Waals surface area (Å²) in [4.78, 5) is 0. The third kappa shape index (κ3) is 2.32. The molecule has 74 valence electrons. The molecule has 0 aliphatic heterocycles. The topological polar surface area (TPSA) is 70.0 Å². The van der Waals surface area contributed by atoms with Crippen LogP contribution in [0.3, 0.4) is 0 Å². The van der Waals surface area contributed by atoms with Crippen LogP contribution in [0.15, 0.2) is 24.3 Å². The second-order valence-electron chi connectivity index (χ2n) is 3.25. The Kier molecular flexibility index (Phi) is 3.63. The van der Waals surface area contributed by atoms with Gasteiger partial charge in [-0.25, -0.2) is 0 Å². The molecule has 0 heterocycles. The maximum absolute atomic E-state index is 9.77. The molecule has 2 atom stereocenters. The molecule has 3 heteroatoms. The van der Waals surface area contributed by atoms with Gasteiger partial charge < -0.3 is 10.8 Å². The van der Waals surface area contributed by atoms with Crippen LogP contribution in [0.4, 0.5) is 0 Å². The number of nitrogens with zero attached hydrogens (tertiary/aromatic N) is 1. The summed E-state index contributed by atoms with van der Waals surface area (Å²) in [5, 5.41) is 18.5. The summed E-state index contributed by atoms with van der Waals surface area (Å²) in [6.07, 6.45) is 0.0195. The van der Waals surface area contributed by atoms with Gasteiger partial charge in [0, 0.05) is 6.04 Å². The van der Waals surface area contributed by atoms with Crippen LogP contribution < -0.4 is 5.73 Å². The van der Waals surface area contributed by atoms with E-state index in [-0.39, 0.29) is 6.04 Å². The molecule has 0 saturated heterocycles. The van der Waals surface area contributed by atoms with Gasteiger partial charge in [0.1, 0.15) is 0 Å². The zero-order valence-electron chi connectivity index (χ0n) is 8.14. The van der Waals surface area contributed by atoms with Gasteiger partial charge in [0.15, 0.2) is 0 Å². The lowest BCUT2D eigenvalue weighted by Gasteiger charge is -2.17. The van der Waals surface area contributed by atoms with E-state index in [1.54, 1.807) is 24.3 Å². The van der Waals surface area contributed by atoms with Gasteiger partial charge in [-0.05, 0) is 24.1 Å². The Bertz CT molecular complexity index is 343. The van der Waals surface area contributed by atoms with E-state index >= 15 is 0 Å². The quantitative estimate of drug-likeness (QED) is 0.755. The van der Waals surface area contributed by atoms with Crippen LogP contribution in [0.5, 0.6) is 0 Å². The van der Waals surface area contributed by atoms with Gasteiger partial charge in [0.2, 0.25) is 0 Å². The van der Waals surface area contributed by atoms with E-state index < -0.39 is 6.10 Å². The third-order valence-electron chi connectivity index (χ3n) is 2.23. The van der Waals surface area contributed by atoms with Gasteiger partial charge in [-0.15, -0.1) is 0 Å². The normalized spacial score (nSPS) is 14.4. The highest BCUT2D eigenvalue weighted by atomic mass is 16.3. The van der Waals surface area contributed by atoms with Crippen molar-refractivity contribution in [2.24, 2.45) is 5.73 Å². The van der Waals surface area contributed by atoms with Gasteiger partial charge in [-0.3, -0.25) is 0 Å². The zero-order valence-corrected chi connectivity index (χ0v) is 8.14. The standard InChI is InChI=1S/C11H14N2O/c1-2-10(13)11(14)9-5-3-4-8(6-9)7-12/h3-6,10-11,14H,2,13H2,1H3. The lowest BCUT2D eigenvalue weighted by atomic mass is 10.00. The fraction of sp³-hybridized carbons (Fsp3) is 0.364. The Morgan fingerprint density at radius 3 is 2.86 bits per heavy atom. The van der Waals surface area contributed by atoms with Gasteiger partial charge in [0.05, 0.1) is 17.7 Å². The maximum atomic E-state index is 9.77. The average Bonchev–Trinajstić information content (AvgIpc) is 2.27. The molecule has 2 unspecified atom stereocenters. The number of benzene rings is 1. The molecule has 3 N–H and O–H groups in total. The zero-order chi connectivity index (χ0) is 10.6. The number of aliphatic hydroxyl groups is 1. The van der Waals surface area contributed by atoms with E-state index in [9.17, 15) is 5.11 Å². The van der Waals surface area contributed by atoms with Crippen molar-refractivity contribution in [3.63, 3.8) is 0 Å². The summed E-state index contributed by atoms with van der Waals surface area (Å²) in [5.41, 5.74) is 6.96. The molecular weight excluding hydrogens is 176 g/mol. The van der Waals surface area contributed by atoms with Crippen LogP contribution in [0, 0.1) is 11.3 Å². The molecule has 1 rings (SSSR count). The van der Waals surface area contributed by atoms with Crippen LogP contribution in [0.25, 0.3) is 0 Å². The molecule has 0 fully saturated rings.